The summed E-state index contributed by atoms with van der Waals surface area (Å²) in [5.41, 5.74) is 2.09. The quantitative estimate of drug-likeness (QED) is 0.638. The van der Waals surface area contributed by atoms with E-state index in [0.29, 0.717) is 33.9 Å². The number of hydrogen-bond acceptors (Lipinski definition) is 6. The highest BCUT2D eigenvalue weighted by Gasteiger charge is 2.25. The van der Waals surface area contributed by atoms with Gasteiger partial charge >= 0.3 is 5.97 Å². The van der Waals surface area contributed by atoms with Crippen LogP contribution >= 0.6 is 0 Å². The number of esters is 1. The molecule has 0 atom stereocenters. The molecule has 1 N–H and O–H groups in total. The first kappa shape index (κ1) is 18.5. The topological polar surface area (TPSA) is 97.9 Å². The number of amides is 1. The first-order valence-corrected chi connectivity index (χ1v) is 8.29. The maximum Gasteiger partial charge on any atom is 0.354 e. The number of aromatic amines is 1. The van der Waals surface area contributed by atoms with Crippen LogP contribution in [0.25, 0.3) is 0 Å². The lowest BCUT2D eigenvalue weighted by Gasteiger charge is -2.17. The number of benzene rings is 1. The van der Waals surface area contributed by atoms with Crippen LogP contribution in [0.2, 0.25) is 0 Å². The van der Waals surface area contributed by atoms with E-state index in [9.17, 15) is 14.4 Å². The summed E-state index contributed by atoms with van der Waals surface area (Å²) in [7, 11) is 2.82. The zero-order valence-corrected chi connectivity index (χ0v) is 15.5. The Morgan fingerprint density at radius 1 is 1.19 bits per heavy atom. The van der Waals surface area contributed by atoms with Gasteiger partial charge < -0.3 is 24.1 Å². The highest BCUT2D eigenvalue weighted by atomic mass is 16.7. The fourth-order valence-corrected chi connectivity index (χ4v) is 3.09. The average Bonchev–Trinajstić information content (AvgIpc) is 3.23. The van der Waals surface area contributed by atoms with Crippen molar-refractivity contribution in [3.63, 3.8) is 0 Å². The largest absolute Gasteiger partial charge is 0.464 e. The van der Waals surface area contributed by atoms with Crippen LogP contribution in [0, 0.1) is 13.8 Å². The lowest BCUT2D eigenvalue weighted by atomic mass is 10.0. The maximum absolute atomic E-state index is 12.7. The molecule has 1 aliphatic heterocycles. The number of carbonyl (C=O) groups excluding carboxylic acids is 3. The SMILES string of the molecule is COC(=O)c1[nH]c(C)c(C(=O)CN(C)C(=O)c2ccc3c(c2)OCO3)c1C. The summed E-state index contributed by atoms with van der Waals surface area (Å²) in [5.74, 6) is -0.0482. The van der Waals surface area contributed by atoms with Gasteiger partial charge in [-0.1, -0.05) is 0 Å². The molecule has 0 saturated carbocycles. The van der Waals surface area contributed by atoms with E-state index in [4.69, 9.17) is 14.2 Å². The van der Waals surface area contributed by atoms with Crippen LogP contribution in [0.1, 0.15) is 42.5 Å². The zero-order chi connectivity index (χ0) is 19.7. The number of aromatic nitrogens is 1. The van der Waals surface area contributed by atoms with Crippen LogP contribution in [0.5, 0.6) is 11.5 Å². The minimum atomic E-state index is -0.542. The monoisotopic (exact) mass is 372 g/mol. The number of nitrogens with one attached hydrogen (secondary N) is 1. The Labute approximate surface area is 156 Å². The van der Waals surface area contributed by atoms with Crippen LogP contribution in [-0.4, -0.2) is 55.0 Å². The van der Waals surface area contributed by atoms with Gasteiger partial charge in [0.25, 0.3) is 5.91 Å². The Morgan fingerprint density at radius 3 is 2.59 bits per heavy atom. The Bertz CT molecular complexity index is 931. The van der Waals surface area contributed by atoms with Crippen molar-refractivity contribution in [1.82, 2.24) is 9.88 Å². The highest BCUT2D eigenvalue weighted by Crippen LogP contribution is 2.32. The van der Waals surface area contributed by atoms with Gasteiger partial charge in [0.2, 0.25) is 6.79 Å². The molecule has 1 amide bonds. The average molecular weight is 372 g/mol. The van der Waals surface area contributed by atoms with E-state index in [2.05, 4.69) is 4.98 Å². The number of rotatable bonds is 5. The molecule has 0 bridgehead atoms. The van der Waals surface area contributed by atoms with Gasteiger partial charge in [-0.05, 0) is 37.6 Å². The van der Waals surface area contributed by atoms with Gasteiger partial charge in [0.15, 0.2) is 17.3 Å². The van der Waals surface area contributed by atoms with Crippen LogP contribution in [0.15, 0.2) is 18.2 Å². The van der Waals surface area contributed by atoms with Crippen molar-refractivity contribution >= 4 is 17.7 Å². The molecule has 1 aromatic carbocycles. The molecule has 0 spiro atoms. The zero-order valence-electron chi connectivity index (χ0n) is 15.5. The predicted molar refractivity (Wildman–Crippen MR) is 95.5 cm³/mol. The summed E-state index contributed by atoms with van der Waals surface area (Å²) in [6.07, 6.45) is 0. The van der Waals surface area contributed by atoms with Gasteiger partial charge in [-0.3, -0.25) is 9.59 Å². The summed E-state index contributed by atoms with van der Waals surface area (Å²) < 4.78 is 15.2. The summed E-state index contributed by atoms with van der Waals surface area (Å²) in [6.45, 7) is 3.36. The smallest absolute Gasteiger partial charge is 0.354 e. The fourth-order valence-electron chi connectivity index (χ4n) is 3.09. The summed E-state index contributed by atoms with van der Waals surface area (Å²) in [6, 6.07) is 4.88. The number of ether oxygens (including phenoxy) is 3. The van der Waals surface area contributed by atoms with E-state index in [1.165, 1.54) is 12.0 Å². The molecule has 0 saturated heterocycles. The van der Waals surface area contributed by atoms with Crippen molar-refractivity contribution in [2.75, 3.05) is 27.5 Å². The third kappa shape index (κ3) is 3.38. The first-order valence-electron chi connectivity index (χ1n) is 8.29. The van der Waals surface area contributed by atoms with Crippen molar-refractivity contribution in [3.8, 4) is 11.5 Å². The second-order valence-corrected chi connectivity index (χ2v) is 6.27. The van der Waals surface area contributed by atoms with Gasteiger partial charge in [0.1, 0.15) is 5.69 Å². The number of H-pyrrole nitrogens is 1. The van der Waals surface area contributed by atoms with Crippen molar-refractivity contribution in [2.45, 2.75) is 13.8 Å². The van der Waals surface area contributed by atoms with E-state index in [0.717, 1.165) is 0 Å². The Hall–Kier alpha value is -3.29. The molecule has 0 unspecified atom stereocenters. The van der Waals surface area contributed by atoms with Crippen LogP contribution in [0.4, 0.5) is 0 Å². The Kier molecular flexibility index (Phi) is 4.89. The molecule has 8 heteroatoms. The number of carbonyl (C=O) groups is 3. The molecule has 0 aliphatic carbocycles. The summed E-state index contributed by atoms with van der Waals surface area (Å²) in [4.78, 5) is 41.3. The van der Waals surface area contributed by atoms with E-state index >= 15 is 0 Å². The first-order chi connectivity index (χ1) is 12.8. The number of aryl methyl sites for hydroxylation is 1. The van der Waals surface area contributed by atoms with Gasteiger partial charge in [0.05, 0.1) is 13.7 Å². The van der Waals surface area contributed by atoms with E-state index in [-0.39, 0.29) is 30.7 Å². The number of nitrogens with zero attached hydrogens (tertiary/aromatic N) is 1. The maximum atomic E-state index is 12.7. The number of likely N-dealkylation sites (N-methyl/N-ethyl adjacent to an activating group) is 1. The Balaban J connectivity index is 1.77. The second kappa shape index (κ2) is 7.14. The molecular formula is C19H20N2O6. The lowest BCUT2D eigenvalue weighted by molar-refractivity contribution is 0.0593. The Morgan fingerprint density at radius 2 is 1.89 bits per heavy atom. The van der Waals surface area contributed by atoms with Gasteiger partial charge in [-0.25, -0.2) is 4.79 Å². The van der Waals surface area contributed by atoms with Crippen molar-refractivity contribution in [2.24, 2.45) is 0 Å². The van der Waals surface area contributed by atoms with Crippen LogP contribution in [0.3, 0.4) is 0 Å². The third-order valence-electron chi connectivity index (χ3n) is 4.45. The van der Waals surface area contributed by atoms with Crippen molar-refractivity contribution in [1.29, 1.82) is 0 Å². The highest BCUT2D eigenvalue weighted by molar-refractivity contribution is 6.05. The van der Waals surface area contributed by atoms with Crippen LogP contribution < -0.4 is 9.47 Å². The molecule has 8 nitrogen and oxygen atoms in total. The number of Topliss-reactive ketones (excluding diaryl/α,β-unsaturated/α-hetero) is 1. The van der Waals surface area contributed by atoms with Gasteiger partial charge in [-0.2, -0.15) is 0 Å². The van der Waals surface area contributed by atoms with E-state index in [1.807, 2.05) is 0 Å². The number of ketones is 1. The molecule has 3 rings (SSSR count). The van der Waals surface area contributed by atoms with Crippen LogP contribution in [-0.2, 0) is 4.74 Å². The second-order valence-electron chi connectivity index (χ2n) is 6.27. The molecule has 0 fully saturated rings. The molecule has 1 aliphatic rings. The summed E-state index contributed by atoms with van der Waals surface area (Å²) in [5, 5.41) is 0. The van der Waals surface area contributed by atoms with Gasteiger partial charge in [0, 0.05) is 23.9 Å². The normalized spacial score (nSPS) is 12.0. The number of hydrogen-bond donors (Lipinski definition) is 1. The number of methoxy groups -OCH3 is 1. The number of fused-ring (bicyclic) bond motifs is 1. The van der Waals surface area contributed by atoms with Crippen molar-refractivity contribution < 1.29 is 28.6 Å². The lowest BCUT2D eigenvalue weighted by Crippen LogP contribution is -2.32. The third-order valence-corrected chi connectivity index (χ3v) is 4.45. The van der Waals surface area contributed by atoms with Crippen molar-refractivity contribution in [3.05, 3.63) is 46.3 Å². The minimum Gasteiger partial charge on any atom is -0.464 e. The molecule has 27 heavy (non-hydrogen) atoms. The predicted octanol–water partition coefficient (Wildman–Crippen LogP) is 2.10. The fraction of sp³-hybridized carbons (Fsp3) is 0.316. The molecule has 1 aromatic heterocycles. The summed E-state index contributed by atoms with van der Waals surface area (Å²) >= 11 is 0. The molecule has 2 aromatic rings. The minimum absolute atomic E-state index is 0.121. The molecule has 142 valence electrons. The molecule has 2 heterocycles. The molecular weight excluding hydrogens is 352 g/mol. The van der Waals surface area contributed by atoms with E-state index < -0.39 is 5.97 Å². The van der Waals surface area contributed by atoms with Gasteiger partial charge in [-0.15, -0.1) is 0 Å². The molecule has 0 radical (unpaired) electrons. The van der Waals surface area contributed by atoms with E-state index in [1.54, 1.807) is 39.1 Å². The standard InChI is InChI=1S/C19H20N2O6/c1-10-16(11(2)20-17(10)19(24)25-4)13(22)8-21(3)18(23)12-5-6-14-15(7-12)27-9-26-14/h5-7,20H,8-9H2,1-4H3.